The van der Waals surface area contributed by atoms with Crippen LogP contribution in [0.2, 0.25) is 0 Å². The molecule has 4 heteroatoms. The Morgan fingerprint density at radius 2 is 1.92 bits per heavy atom. The third kappa shape index (κ3) is 0.814. The van der Waals surface area contributed by atoms with Crippen molar-refractivity contribution in [2.24, 2.45) is 4.99 Å². The van der Waals surface area contributed by atoms with Crippen molar-refractivity contribution in [3.63, 3.8) is 0 Å². The first-order valence-electron chi connectivity index (χ1n) is 3.52. The molecular weight excluding hydrogens is 174 g/mol. The van der Waals surface area contributed by atoms with E-state index in [0.717, 1.165) is 0 Å². The summed E-state index contributed by atoms with van der Waals surface area (Å²) in [4.78, 5) is 4.26. The van der Waals surface area contributed by atoms with E-state index >= 15 is 0 Å². The molecule has 0 unspecified atom stereocenters. The maximum atomic E-state index is 11.5. The van der Waals surface area contributed by atoms with Crippen LogP contribution in [0.3, 0.4) is 0 Å². The molecule has 0 aliphatic carbocycles. The standard InChI is InChI=1S/C8H7NO2S/c1-6-9-7-4-2-3-5-8(7)12(6,10)11/h2-5H,1H3. The third-order valence-corrected chi connectivity index (χ3v) is 3.61. The second kappa shape index (κ2) is 2.17. The van der Waals surface area contributed by atoms with Crippen molar-refractivity contribution < 1.29 is 8.42 Å². The molecule has 1 aromatic rings. The molecule has 62 valence electrons. The van der Waals surface area contributed by atoms with E-state index in [1.165, 1.54) is 6.92 Å². The number of para-hydroxylation sites is 1. The van der Waals surface area contributed by atoms with Gasteiger partial charge in [-0.05, 0) is 19.1 Å². The lowest BCUT2D eigenvalue weighted by Gasteiger charge is -1.94. The van der Waals surface area contributed by atoms with E-state index in [2.05, 4.69) is 4.99 Å². The molecule has 3 nitrogen and oxygen atoms in total. The molecule has 0 saturated carbocycles. The lowest BCUT2D eigenvalue weighted by molar-refractivity contribution is 0.608. The van der Waals surface area contributed by atoms with Crippen LogP contribution in [0, 0.1) is 0 Å². The van der Waals surface area contributed by atoms with Gasteiger partial charge in [-0.25, -0.2) is 13.4 Å². The minimum atomic E-state index is -3.23. The van der Waals surface area contributed by atoms with Crippen molar-refractivity contribution in [2.45, 2.75) is 11.8 Å². The average molecular weight is 181 g/mol. The minimum Gasteiger partial charge on any atom is -0.240 e. The SMILES string of the molecule is CC1=Nc2ccccc2S1(=O)=O. The molecule has 0 bridgehead atoms. The molecule has 0 spiro atoms. The monoisotopic (exact) mass is 181 g/mol. The topological polar surface area (TPSA) is 46.5 Å². The molecule has 0 saturated heterocycles. The molecule has 0 aromatic heterocycles. The zero-order chi connectivity index (χ0) is 8.77. The highest BCUT2D eigenvalue weighted by Crippen LogP contribution is 2.31. The highest BCUT2D eigenvalue weighted by atomic mass is 32.2. The first kappa shape index (κ1) is 7.49. The Morgan fingerprint density at radius 1 is 1.25 bits per heavy atom. The van der Waals surface area contributed by atoms with Gasteiger partial charge >= 0.3 is 0 Å². The lowest BCUT2D eigenvalue weighted by Crippen LogP contribution is -2.05. The molecule has 0 fully saturated rings. The van der Waals surface area contributed by atoms with Gasteiger partial charge in [0.1, 0.15) is 5.04 Å². The van der Waals surface area contributed by atoms with Crippen LogP contribution in [0.1, 0.15) is 6.92 Å². The Balaban J connectivity index is 2.83. The Morgan fingerprint density at radius 3 is 2.58 bits per heavy atom. The number of benzene rings is 1. The Labute approximate surface area is 70.7 Å². The summed E-state index contributed by atoms with van der Waals surface area (Å²) in [6.45, 7) is 1.51. The molecular formula is C8H7NO2S. The van der Waals surface area contributed by atoms with Crippen LogP contribution in [-0.4, -0.2) is 13.5 Å². The summed E-state index contributed by atoms with van der Waals surface area (Å²) in [6, 6.07) is 6.75. The summed E-state index contributed by atoms with van der Waals surface area (Å²) in [5, 5.41) is 0.184. The number of hydrogen-bond donors (Lipinski definition) is 0. The van der Waals surface area contributed by atoms with Crippen molar-refractivity contribution in [3.05, 3.63) is 24.3 Å². The maximum Gasteiger partial charge on any atom is 0.221 e. The van der Waals surface area contributed by atoms with Crippen LogP contribution in [-0.2, 0) is 9.84 Å². The van der Waals surface area contributed by atoms with E-state index in [1.807, 2.05) is 0 Å². The van der Waals surface area contributed by atoms with Crippen molar-refractivity contribution in [3.8, 4) is 0 Å². The van der Waals surface area contributed by atoms with E-state index < -0.39 is 9.84 Å². The quantitative estimate of drug-likeness (QED) is 0.609. The fourth-order valence-corrected chi connectivity index (χ4v) is 2.35. The fraction of sp³-hybridized carbons (Fsp3) is 0.125. The molecule has 12 heavy (non-hydrogen) atoms. The molecule has 0 amide bonds. The third-order valence-electron chi connectivity index (χ3n) is 1.82. The summed E-state index contributed by atoms with van der Waals surface area (Å²) in [5.74, 6) is 0. The number of nitrogens with zero attached hydrogens (tertiary/aromatic N) is 1. The van der Waals surface area contributed by atoms with Gasteiger partial charge in [0.2, 0.25) is 9.84 Å². The van der Waals surface area contributed by atoms with Crippen LogP contribution < -0.4 is 0 Å². The van der Waals surface area contributed by atoms with Gasteiger partial charge in [0.05, 0.1) is 10.6 Å². The van der Waals surface area contributed by atoms with Crippen molar-refractivity contribution in [2.75, 3.05) is 0 Å². The largest absolute Gasteiger partial charge is 0.240 e. The summed E-state index contributed by atoms with van der Waals surface area (Å²) in [6.07, 6.45) is 0. The van der Waals surface area contributed by atoms with Crippen molar-refractivity contribution >= 4 is 20.6 Å². The van der Waals surface area contributed by atoms with Gasteiger partial charge in [-0.3, -0.25) is 0 Å². The molecule has 0 atom stereocenters. The number of aliphatic imine (C=N–C) groups is 1. The maximum absolute atomic E-state index is 11.5. The predicted molar refractivity (Wildman–Crippen MR) is 46.4 cm³/mol. The number of fused-ring (bicyclic) bond motifs is 1. The lowest BCUT2D eigenvalue weighted by atomic mass is 10.3. The van der Waals surface area contributed by atoms with E-state index in [4.69, 9.17) is 0 Å². The van der Waals surface area contributed by atoms with Gasteiger partial charge in [-0.1, -0.05) is 12.1 Å². The smallest absolute Gasteiger partial charge is 0.221 e. The van der Waals surface area contributed by atoms with Gasteiger partial charge in [-0.15, -0.1) is 0 Å². The normalized spacial score (nSPS) is 18.6. The zero-order valence-corrected chi connectivity index (χ0v) is 7.30. The zero-order valence-electron chi connectivity index (χ0n) is 6.48. The van der Waals surface area contributed by atoms with Gasteiger partial charge < -0.3 is 0 Å². The van der Waals surface area contributed by atoms with E-state index in [1.54, 1.807) is 24.3 Å². The number of sulfone groups is 1. The minimum absolute atomic E-state index is 0.184. The molecule has 0 N–H and O–H groups in total. The van der Waals surface area contributed by atoms with Crippen LogP contribution in [0.15, 0.2) is 34.2 Å². The Kier molecular flexibility index (Phi) is 1.35. The fourth-order valence-electron chi connectivity index (χ4n) is 1.17. The van der Waals surface area contributed by atoms with Crippen molar-refractivity contribution in [1.82, 2.24) is 0 Å². The summed E-state index contributed by atoms with van der Waals surface area (Å²) < 4.78 is 22.9. The van der Waals surface area contributed by atoms with Crippen LogP contribution in [0.5, 0.6) is 0 Å². The summed E-state index contributed by atoms with van der Waals surface area (Å²) in [7, 11) is -3.23. The van der Waals surface area contributed by atoms with Crippen molar-refractivity contribution in [1.29, 1.82) is 0 Å². The van der Waals surface area contributed by atoms with Gasteiger partial charge in [0, 0.05) is 0 Å². The second-order valence-electron chi connectivity index (χ2n) is 2.60. The van der Waals surface area contributed by atoms with Crippen LogP contribution in [0.25, 0.3) is 0 Å². The van der Waals surface area contributed by atoms with E-state index in [9.17, 15) is 8.42 Å². The molecule has 1 heterocycles. The summed E-state index contributed by atoms with van der Waals surface area (Å²) in [5.41, 5.74) is 0.551. The number of hydrogen-bond acceptors (Lipinski definition) is 3. The second-order valence-corrected chi connectivity index (χ2v) is 4.64. The van der Waals surface area contributed by atoms with Gasteiger partial charge in [0.15, 0.2) is 0 Å². The first-order chi connectivity index (χ1) is 5.62. The Hall–Kier alpha value is -1.16. The van der Waals surface area contributed by atoms with E-state index in [0.29, 0.717) is 10.6 Å². The number of rotatable bonds is 0. The molecule has 1 aliphatic heterocycles. The predicted octanol–water partition coefficient (Wildman–Crippen LogP) is 1.52. The molecule has 0 radical (unpaired) electrons. The highest BCUT2D eigenvalue weighted by Gasteiger charge is 2.27. The van der Waals surface area contributed by atoms with Gasteiger partial charge in [-0.2, -0.15) is 0 Å². The molecule has 1 aliphatic rings. The molecule has 2 rings (SSSR count). The van der Waals surface area contributed by atoms with Gasteiger partial charge in [0.25, 0.3) is 0 Å². The van der Waals surface area contributed by atoms with Crippen LogP contribution >= 0.6 is 0 Å². The molecule has 1 aromatic carbocycles. The highest BCUT2D eigenvalue weighted by molar-refractivity contribution is 8.06. The Bertz CT molecular complexity index is 460. The first-order valence-corrected chi connectivity index (χ1v) is 5.00. The van der Waals surface area contributed by atoms with Crippen LogP contribution in [0.4, 0.5) is 5.69 Å². The van der Waals surface area contributed by atoms with E-state index in [-0.39, 0.29) is 5.04 Å². The summed E-state index contributed by atoms with van der Waals surface area (Å²) >= 11 is 0. The average Bonchev–Trinajstić information content (AvgIpc) is 2.25.